The largest absolute Gasteiger partial charge is 0.494 e. The molecule has 0 fully saturated rings. The van der Waals surface area contributed by atoms with Gasteiger partial charge in [0, 0.05) is 29.2 Å². The lowest BCUT2D eigenvalue weighted by molar-refractivity contribution is 0.0927. The Hall–Kier alpha value is -2.53. The van der Waals surface area contributed by atoms with Crippen LogP contribution < -0.4 is 15.4 Å². The van der Waals surface area contributed by atoms with E-state index in [1.165, 1.54) is 0 Å². The fourth-order valence-electron chi connectivity index (χ4n) is 2.27. The highest BCUT2D eigenvalue weighted by atomic mass is 35.5. The minimum absolute atomic E-state index is 0.188. The average Bonchev–Trinajstić information content (AvgIpc) is 2.60. The molecule has 0 aliphatic rings. The SMILES string of the molecule is CCOc1ccc(C(=O)NCCNC(=O)c2ccc(Cl)cc2)cc1C. The zero-order chi connectivity index (χ0) is 18.2. The molecule has 5 nitrogen and oxygen atoms in total. The zero-order valence-electron chi connectivity index (χ0n) is 14.3. The fraction of sp³-hybridized carbons (Fsp3) is 0.263. The Bertz CT molecular complexity index is 745. The van der Waals surface area contributed by atoms with Crippen molar-refractivity contribution in [3.8, 4) is 5.75 Å². The van der Waals surface area contributed by atoms with Gasteiger partial charge in [-0.3, -0.25) is 9.59 Å². The van der Waals surface area contributed by atoms with E-state index in [1.807, 2.05) is 13.8 Å². The van der Waals surface area contributed by atoms with Gasteiger partial charge in [0.25, 0.3) is 11.8 Å². The Labute approximate surface area is 152 Å². The van der Waals surface area contributed by atoms with Crippen LogP contribution in [0, 0.1) is 6.92 Å². The molecule has 6 heteroatoms. The maximum Gasteiger partial charge on any atom is 0.251 e. The monoisotopic (exact) mass is 360 g/mol. The van der Waals surface area contributed by atoms with Gasteiger partial charge in [-0.15, -0.1) is 0 Å². The maximum atomic E-state index is 12.1. The van der Waals surface area contributed by atoms with Crippen LogP contribution in [0.4, 0.5) is 0 Å². The van der Waals surface area contributed by atoms with Gasteiger partial charge in [0.15, 0.2) is 0 Å². The van der Waals surface area contributed by atoms with Gasteiger partial charge < -0.3 is 15.4 Å². The molecule has 0 unspecified atom stereocenters. The Morgan fingerprint density at radius 3 is 2.08 bits per heavy atom. The zero-order valence-corrected chi connectivity index (χ0v) is 15.0. The standard InChI is InChI=1S/C19H21ClN2O3/c1-3-25-17-9-6-15(12-13(17)2)19(24)22-11-10-21-18(23)14-4-7-16(20)8-5-14/h4-9,12H,3,10-11H2,1-2H3,(H,21,23)(H,22,24). The van der Waals surface area contributed by atoms with Crippen LogP contribution >= 0.6 is 11.6 Å². The first-order valence-corrected chi connectivity index (χ1v) is 8.44. The molecule has 0 spiro atoms. The molecule has 2 aromatic carbocycles. The van der Waals surface area contributed by atoms with E-state index in [0.717, 1.165) is 11.3 Å². The molecule has 2 N–H and O–H groups in total. The van der Waals surface area contributed by atoms with Gasteiger partial charge in [0.2, 0.25) is 0 Å². The molecule has 0 saturated heterocycles. The van der Waals surface area contributed by atoms with Crippen LogP contribution in [-0.2, 0) is 0 Å². The van der Waals surface area contributed by atoms with E-state index in [9.17, 15) is 9.59 Å². The smallest absolute Gasteiger partial charge is 0.251 e. The molecule has 2 aromatic rings. The first kappa shape index (κ1) is 18.8. The van der Waals surface area contributed by atoms with Gasteiger partial charge in [-0.2, -0.15) is 0 Å². The van der Waals surface area contributed by atoms with E-state index in [4.69, 9.17) is 16.3 Å². The minimum atomic E-state index is -0.206. The van der Waals surface area contributed by atoms with Crippen molar-refractivity contribution in [2.45, 2.75) is 13.8 Å². The predicted octanol–water partition coefficient (Wildman–Crippen LogP) is 3.21. The highest BCUT2D eigenvalue weighted by molar-refractivity contribution is 6.30. The van der Waals surface area contributed by atoms with Gasteiger partial charge in [0.05, 0.1) is 6.61 Å². The van der Waals surface area contributed by atoms with Crippen LogP contribution in [0.3, 0.4) is 0 Å². The summed E-state index contributed by atoms with van der Waals surface area (Å²) in [4.78, 5) is 24.1. The molecule has 0 heterocycles. The number of amides is 2. The summed E-state index contributed by atoms with van der Waals surface area (Å²) in [5.74, 6) is 0.379. The van der Waals surface area contributed by atoms with Gasteiger partial charge >= 0.3 is 0 Å². The summed E-state index contributed by atoms with van der Waals surface area (Å²) in [6.07, 6.45) is 0. The van der Waals surface area contributed by atoms with Crippen LogP contribution in [0.15, 0.2) is 42.5 Å². The van der Waals surface area contributed by atoms with Gasteiger partial charge in [0.1, 0.15) is 5.75 Å². The molecule has 0 bridgehead atoms. The van der Waals surface area contributed by atoms with E-state index >= 15 is 0 Å². The van der Waals surface area contributed by atoms with Crippen LogP contribution in [0.2, 0.25) is 5.02 Å². The fourth-order valence-corrected chi connectivity index (χ4v) is 2.39. The van der Waals surface area contributed by atoms with Crippen molar-refractivity contribution < 1.29 is 14.3 Å². The minimum Gasteiger partial charge on any atom is -0.494 e. The van der Waals surface area contributed by atoms with Crippen molar-refractivity contribution in [1.29, 1.82) is 0 Å². The van der Waals surface area contributed by atoms with Crippen molar-refractivity contribution in [2.24, 2.45) is 0 Å². The van der Waals surface area contributed by atoms with Crippen molar-refractivity contribution in [3.63, 3.8) is 0 Å². The first-order valence-electron chi connectivity index (χ1n) is 8.06. The number of carbonyl (C=O) groups excluding carboxylic acids is 2. The second-order valence-electron chi connectivity index (χ2n) is 5.43. The summed E-state index contributed by atoms with van der Waals surface area (Å²) in [5.41, 5.74) is 1.99. The topological polar surface area (TPSA) is 67.4 Å². The third kappa shape index (κ3) is 5.50. The van der Waals surface area contributed by atoms with Crippen LogP contribution in [0.25, 0.3) is 0 Å². The molecule has 0 saturated carbocycles. The van der Waals surface area contributed by atoms with Crippen molar-refractivity contribution in [3.05, 3.63) is 64.2 Å². The lowest BCUT2D eigenvalue weighted by atomic mass is 10.1. The molecule has 0 aliphatic heterocycles. The Morgan fingerprint density at radius 2 is 1.52 bits per heavy atom. The van der Waals surface area contributed by atoms with Crippen molar-refractivity contribution in [2.75, 3.05) is 19.7 Å². The van der Waals surface area contributed by atoms with Gasteiger partial charge in [-0.05, 0) is 61.9 Å². The number of carbonyl (C=O) groups is 2. The average molecular weight is 361 g/mol. The molecule has 132 valence electrons. The van der Waals surface area contributed by atoms with Crippen LogP contribution in [0.1, 0.15) is 33.2 Å². The third-order valence-electron chi connectivity index (χ3n) is 3.54. The van der Waals surface area contributed by atoms with E-state index in [2.05, 4.69) is 10.6 Å². The molecule has 0 radical (unpaired) electrons. The summed E-state index contributed by atoms with van der Waals surface area (Å²) >= 11 is 5.79. The number of hydrogen-bond acceptors (Lipinski definition) is 3. The van der Waals surface area contributed by atoms with E-state index in [-0.39, 0.29) is 11.8 Å². The number of hydrogen-bond donors (Lipinski definition) is 2. The number of ether oxygens (including phenoxy) is 1. The molecule has 2 rings (SSSR count). The number of halogens is 1. The molecular weight excluding hydrogens is 340 g/mol. The highest BCUT2D eigenvalue weighted by Gasteiger charge is 2.09. The third-order valence-corrected chi connectivity index (χ3v) is 3.79. The molecular formula is C19H21ClN2O3. The van der Waals surface area contributed by atoms with Gasteiger partial charge in [-0.25, -0.2) is 0 Å². The summed E-state index contributed by atoms with van der Waals surface area (Å²) in [6, 6.07) is 11.9. The lowest BCUT2D eigenvalue weighted by Gasteiger charge is -2.10. The normalized spacial score (nSPS) is 10.2. The Morgan fingerprint density at radius 1 is 0.960 bits per heavy atom. The Balaban J connectivity index is 1.79. The van der Waals surface area contributed by atoms with Crippen molar-refractivity contribution >= 4 is 23.4 Å². The van der Waals surface area contributed by atoms with Crippen LogP contribution in [-0.4, -0.2) is 31.5 Å². The quantitative estimate of drug-likeness (QED) is 0.745. The van der Waals surface area contributed by atoms with Crippen molar-refractivity contribution in [1.82, 2.24) is 10.6 Å². The molecule has 25 heavy (non-hydrogen) atoms. The van der Waals surface area contributed by atoms with E-state index in [1.54, 1.807) is 42.5 Å². The molecule has 2 amide bonds. The van der Waals surface area contributed by atoms with E-state index in [0.29, 0.717) is 35.8 Å². The van der Waals surface area contributed by atoms with Crippen LogP contribution in [0.5, 0.6) is 5.75 Å². The number of rotatable bonds is 7. The highest BCUT2D eigenvalue weighted by Crippen LogP contribution is 2.19. The molecule has 0 atom stereocenters. The second-order valence-corrected chi connectivity index (χ2v) is 5.87. The summed E-state index contributed by atoms with van der Waals surface area (Å²) in [6.45, 7) is 5.07. The number of aryl methyl sites for hydroxylation is 1. The number of benzene rings is 2. The lowest BCUT2D eigenvalue weighted by Crippen LogP contribution is -2.34. The van der Waals surface area contributed by atoms with Gasteiger partial charge in [-0.1, -0.05) is 11.6 Å². The second kappa shape index (κ2) is 9.08. The summed E-state index contributed by atoms with van der Waals surface area (Å²) in [7, 11) is 0. The predicted molar refractivity (Wildman–Crippen MR) is 98.5 cm³/mol. The molecule has 0 aliphatic carbocycles. The first-order chi connectivity index (χ1) is 12.0. The summed E-state index contributed by atoms with van der Waals surface area (Å²) < 4.78 is 5.46. The molecule has 0 aromatic heterocycles. The Kier molecular flexibility index (Phi) is 6.83. The summed E-state index contributed by atoms with van der Waals surface area (Å²) in [5, 5.41) is 6.10. The number of nitrogens with one attached hydrogen (secondary N) is 2. The maximum absolute atomic E-state index is 12.1. The van der Waals surface area contributed by atoms with E-state index < -0.39 is 0 Å².